The molecule has 0 saturated carbocycles. The highest BCUT2D eigenvalue weighted by Gasteiger charge is 2.17. The van der Waals surface area contributed by atoms with Crippen LogP contribution in [0.1, 0.15) is 0 Å². The number of aromatic nitrogens is 4. The maximum absolute atomic E-state index is 5.12. The summed E-state index contributed by atoms with van der Waals surface area (Å²) in [5.41, 5.74) is 6.24. The van der Waals surface area contributed by atoms with E-state index in [4.69, 9.17) is 15.0 Å². The van der Waals surface area contributed by atoms with Gasteiger partial charge in [-0.2, -0.15) is 0 Å². The summed E-state index contributed by atoms with van der Waals surface area (Å²) in [5.74, 6) is 1.94. The molecule has 2 heterocycles. The van der Waals surface area contributed by atoms with Crippen molar-refractivity contribution in [1.82, 2.24) is 19.5 Å². The summed E-state index contributed by atoms with van der Waals surface area (Å²) < 4.78 is 2.32. The van der Waals surface area contributed by atoms with Crippen LogP contribution >= 0.6 is 0 Å². The van der Waals surface area contributed by atoms with E-state index in [0.29, 0.717) is 17.5 Å². The van der Waals surface area contributed by atoms with Gasteiger partial charge in [-0.25, -0.2) is 15.0 Å². The largest absolute Gasteiger partial charge is 0.309 e. The van der Waals surface area contributed by atoms with Gasteiger partial charge < -0.3 is 4.57 Å². The summed E-state index contributed by atoms with van der Waals surface area (Å²) in [6, 6.07) is 55.1. The molecule has 4 nitrogen and oxygen atoms in total. The molecule has 0 atom stereocenters. The smallest absolute Gasteiger partial charge is 0.164 e. The molecular weight excluding hydrogens is 548 g/mol. The molecule has 9 aromatic rings. The normalized spacial score (nSPS) is 11.6. The lowest BCUT2D eigenvalue weighted by Crippen LogP contribution is -2.00. The van der Waals surface area contributed by atoms with Crippen molar-refractivity contribution in [3.05, 3.63) is 158 Å². The fraction of sp³-hybridized carbons (Fsp3) is 0. The Bertz CT molecular complexity index is 2530. The van der Waals surface area contributed by atoms with Crippen LogP contribution in [0.3, 0.4) is 0 Å². The Morgan fingerprint density at radius 3 is 1.64 bits per heavy atom. The maximum Gasteiger partial charge on any atom is 0.164 e. The summed E-state index contributed by atoms with van der Waals surface area (Å²) in [6.45, 7) is 0. The molecule has 210 valence electrons. The lowest BCUT2D eigenvalue weighted by Gasteiger charge is -2.11. The Balaban J connectivity index is 1.28. The lowest BCUT2D eigenvalue weighted by atomic mass is 10.00. The second kappa shape index (κ2) is 10.2. The Hall–Kier alpha value is -6.13. The molecule has 0 N–H and O–H groups in total. The van der Waals surface area contributed by atoms with Crippen molar-refractivity contribution >= 4 is 43.4 Å². The van der Waals surface area contributed by atoms with Crippen molar-refractivity contribution in [2.45, 2.75) is 0 Å². The zero-order valence-electron chi connectivity index (χ0n) is 24.3. The first kappa shape index (κ1) is 25.4. The van der Waals surface area contributed by atoms with Crippen LogP contribution in [0.25, 0.3) is 83.2 Å². The average Bonchev–Trinajstić information content (AvgIpc) is 3.45. The zero-order chi connectivity index (χ0) is 29.7. The molecule has 0 bridgehead atoms. The topological polar surface area (TPSA) is 43.6 Å². The average molecular weight is 575 g/mol. The quantitative estimate of drug-likeness (QED) is 0.196. The van der Waals surface area contributed by atoms with Gasteiger partial charge in [0.25, 0.3) is 0 Å². The van der Waals surface area contributed by atoms with E-state index in [1.165, 1.54) is 37.8 Å². The van der Waals surface area contributed by atoms with Crippen LogP contribution in [0.5, 0.6) is 0 Å². The summed E-state index contributed by atoms with van der Waals surface area (Å²) in [5, 5.41) is 7.21. The van der Waals surface area contributed by atoms with E-state index in [-0.39, 0.29) is 0 Å². The van der Waals surface area contributed by atoms with Crippen LogP contribution in [0.15, 0.2) is 158 Å². The SMILES string of the molecule is c1ccc(-c2nc(-c3ccc4ccc5ccccc5c4c3)nc(-c3ccc4c5ccccc5n(-c5ccccc5)c4c3)n2)cc1. The maximum atomic E-state index is 5.12. The summed E-state index contributed by atoms with van der Waals surface area (Å²) in [7, 11) is 0. The zero-order valence-corrected chi connectivity index (χ0v) is 24.3. The lowest BCUT2D eigenvalue weighted by molar-refractivity contribution is 1.07. The molecule has 0 radical (unpaired) electrons. The number of benzene rings is 7. The van der Waals surface area contributed by atoms with Gasteiger partial charge in [0.1, 0.15) is 0 Å². The van der Waals surface area contributed by atoms with Gasteiger partial charge in [0.05, 0.1) is 11.0 Å². The van der Waals surface area contributed by atoms with Crippen molar-refractivity contribution in [3.63, 3.8) is 0 Å². The summed E-state index contributed by atoms with van der Waals surface area (Å²) in [4.78, 5) is 15.2. The molecule has 0 amide bonds. The van der Waals surface area contributed by atoms with E-state index >= 15 is 0 Å². The predicted molar refractivity (Wildman–Crippen MR) is 185 cm³/mol. The Morgan fingerprint density at radius 1 is 0.333 bits per heavy atom. The fourth-order valence-electron chi connectivity index (χ4n) is 6.46. The van der Waals surface area contributed by atoms with Gasteiger partial charge >= 0.3 is 0 Å². The minimum atomic E-state index is 0.642. The van der Waals surface area contributed by atoms with Crippen LogP contribution in [0, 0.1) is 0 Å². The van der Waals surface area contributed by atoms with Crippen LogP contribution in [0.4, 0.5) is 0 Å². The highest BCUT2D eigenvalue weighted by atomic mass is 15.0. The second-order valence-corrected chi connectivity index (χ2v) is 11.3. The third-order valence-electron chi connectivity index (χ3n) is 8.62. The predicted octanol–water partition coefficient (Wildman–Crippen LogP) is 10.3. The molecule has 0 fully saturated rings. The molecule has 9 rings (SSSR count). The van der Waals surface area contributed by atoms with Crippen molar-refractivity contribution in [2.24, 2.45) is 0 Å². The number of hydrogen-bond donors (Lipinski definition) is 0. The van der Waals surface area contributed by atoms with Crippen molar-refractivity contribution in [2.75, 3.05) is 0 Å². The Labute approximate surface area is 259 Å². The third-order valence-corrected chi connectivity index (χ3v) is 8.62. The number of fused-ring (bicyclic) bond motifs is 6. The van der Waals surface area contributed by atoms with E-state index in [0.717, 1.165) is 27.9 Å². The minimum Gasteiger partial charge on any atom is -0.309 e. The molecule has 0 aliphatic carbocycles. The van der Waals surface area contributed by atoms with Gasteiger partial charge in [0.15, 0.2) is 17.5 Å². The van der Waals surface area contributed by atoms with Crippen molar-refractivity contribution in [3.8, 4) is 39.9 Å². The van der Waals surface area contributed by atoms with E-state index in [1.807, 2.05) is 30.3 Å². The molecule has 45 heavy (non-hydrogen) atoms. The van der Waals surface area contributed by atoms with E-state index in [9.17, 15) is 0 Å². The van der Waals surface area contributed by atoms with Gasteiger partial charge in [0, 0.05) is 33.2 Å². The highest BCUT2D eigenvalue weighted by Crippen LogP contribution is 2.35. The molecule has 2 aromatic heterocycles. The fourth-order valence-corrected chi connectivity index (χ4v) is 6.46. The first-order chi connectivity index (χ1) is 22.3. The van der Waals surface area contributed by atoms with E-state index < -0.39 is 0 Å². The number of nitrogens with zero attached hydrogens (tertiary/aromatic N) is 4. The summed E-state index contributed by atoms with van der Waals surface area (Å²) in [6.07, 6.45) is 0. The third kappa shape index (κ3) is 4.27. The molecule has 0 saturated heterocycles. The highest BCUT2D eigenvalue weighted by molar-refractivity contribution is 6.10. The molecule has 0 aliphatic rings. The van der Waals surface area contributed by atoms with Gasteiger partial charge in [-0.3, -0.25) is 0 Å². The molecule has 0 aliphatic heterocycles. The standard InChI is InChI=1S/C41H26N4/c1-3-12-29(13-4-1)39-42-40(30-22-21-28-20-19-27-11-7-8-16-33(27)36(28)25-30)44-41(43-39)31-23-24-35-34-17-9-10-18-37(34)45(38(35)26-31)32-14-5-2-6-15-32/h1-26H. The Morgan fingerprint density at radius 2 is 0.867 bits per heavy atom. The number of hydrogen-bond acceptors (Lipinski definition) is 3. The minimum absolute atomic E-state index is 0.642. The number of para-hydroxylation sites is 2. The van der Waals surface area contributed by atoms with Crippen LogP contribution in [-0.4, -0.2) is 19.5 Å². The van der Waals surface area contributed by atoms with Gasteiger partial charge in [-0.1, -0.05) is 127 Å². The first-order valence-corrected chi connectivity index (χ1v) is 15.1. The van der Waals surface area contributed by atoms with E-state index in [1.54, 1.807) is 0 Å². The number of rotatable bonds is 4. The van der Waals surface area contributed by atoms with E-state index in [2.05, 4.69) is 132 Å². The van der Waals surface area contributed by atoms with Gasteiger partial charge in [0.2, 0.25) is 0 Å². The van der Waals surface area contributed by atoms with Crippen LogP contribution < -0.4 is 0 Å². The van der Waals surface area contributed by atoms with Crippen LogP contribution in [-0.2, 0) is 0 Å². The molecule has 4 heteroatoms. The van der Waals surface area contributed by atoms with Crippen molar-refractivity contribution < 1.29 is 0 Å². The molecule has 0 spiro atoms. The summed E-state index contributed by atoms with van der Waals surface area (Å²) >= 11 is 0. The molecule has 7 aromatic carbocycles. The van der Waals surface area contributed by atoms with Crippen LogP contribution in [0.2, 0.25) is 0 Å². The second-order valence-electron chi connectivity index (χ2n) is 11.3. The first-order valence-electron chi connectivity index (χ1n) is 15.1. The van der Waals surface area contributed by atoms with Crippen molar-refractivity contribution in [1.29, 1.82) is 0 Å². The molecule has 0 unspecified atom stereocenters. The van der Waals surface area contributed by atoms with Gasteiger partial charge in [-0.05, 0) is 51.9 Å². The Kier molecular flexibility index (Phi) is 5.78. The monoisotopic (exact) mass is 574 g/mol. The van der Waals surface area contributed by atoms with Gasteiger partial charge in [-0.15, -0.1) is 0 Å². The molecular formula is C41H26N4.